The Bertz CT molecular complexity index is 1010. The van der Waals surface area contributed by atoms with E-state index in [4.69, 9.17) is 9.72 Å². The van der Waals surface area contributed by atoms with Gasteiger partial charge in [0, 0.05) is 37.6 Å². The van der Waals surface area contributed by atoms with Crippen LogP contribution in [0.15, 0.2) is 48.5 Å². The van der Waals surface area contributed by atoms with E-state index in [-0.39, 0.29) is 5.91 Å². The third-order valence-corrected chi connectivity index (χ3v) is 5.33. The molecule has 4 rings (SSSR count). The number of ether oxygens (including phenoxy) is 1. The molecule has 156 valence electrons. The summed E-state index contributed by atoms with van der Waals surface area (Å²) in [7, 11) is 0. The maximum Gasteiger partial charge on any atom is 0.278 e. The van der Waals surface area contributed by atoms with Gasteiger partial charge < -0.3 is 19.9 Å². The van der Waals surface area contributed by atoms with Gasteiger partial charge in [0.2, 0.25) is 0 Å². The van der Waals surface area contributed by atoms with Crippen molar-refractivity contribution in [2.75, 3.05) is 54.5 Å². The van der Waals surface area contributed by atoms with Crippen LogP contribution in [-0.2, 0) is 4.74 Å². The lowest BCUT2D eigenvalue weighted by Gasteiger charge is -2.28. The van der Waals surface area contributed by atoms with Gasteiger partial charge in [-0.15, -0.1) is 0 Å². The molecule has 2 aromatic carbocycles. The van der Waals surface area contributed by atoms with E-state index in [0.29, 0.717) is 17.0 Å². The van der Waals surface area contributed by atoms with Crippen molar-refractivity contribution in [3.8, 4) is 0 Å². The SMILES string of the molecule is CCN(CC)c1nc2ccccc2nc1C(=O)Nc1ccc(N2CCOCC2)cc1. The van der Waals surface area contributed by atoms with E-state index in [2.05, 4.69) is 20.1 Å². The minimum Gasteiger partial charge on any atom is -0.378 e. The van der Waals surface area contributed by atoms with E-state index in [1.54, 1.807) is 0 Å². The maximum absolute atomic E-state index is 13.1. The van der Waals surface area contributed by atoms with Gasteiger partial charge in [0.05, 0.1) is 24.2 Å². The fourth-order valence-corrected chi connectivity index (χ4v) is 3.65. The second kappa shape index (κ2) is 9.09. The Balaban J connectivity index is 1.59. The van der Waals surface area contributed by atoms with Crippen molar-refractivity contribution in [1.29, 1.82) is 0 Å². The second-order valence-electron chi connectivity index (χ2n) is 7.16. The molecule has 0 aliphatic carbocycles. The number of benzene rings is 2. The molecule has 30 heavy (non-hydrogen) atoms. The topological polar surface area (TPSA) is 70.6 Å². The van der Waals surface area contributed by atoms with Gasteiger partial charge in [0.15, 0.2) is 11.5 Å². The van der Waals surface area contributed by atoms with Crippen molar-refractivity contribution >= 4 is 34.1 Å². The van der Waals surface area contributed by atoms with E-state index >= 15 is 0 Å². The Morgan fingerprint density at radius 3 is 2.27 bits per heavy atom. The number of fused-ring (bicyclic) bond motifs is 1. The highest BCUT2D eigenvalue weighted by atomic mass is 16.5. The summed E-state index contributed by atoms with van der Waals surface area (Å²) in [6.45, 7) is 8.84. The number of nitrogens with zero attached hydrogens (tertiary/aromatic N) is 4. The summed E-state index contributed by atoms with van der Waals surface area (Å²) >= 11 is 0. The predicted molar refractivity (Wildman–Crippen MR) is 121 cm³/mol. The van der Waals surface area contributed by atoms with Gasteiger partial charge in [0.25, 0.3) is 5.91 Å². The standard InChI is InChI=1S/C23H27N5O2/c1-3-27(4-2)22-21(25-19-7-5-6-8-20(19)26-22)23(29)24-17-9-11-18(12-10-17)28-13-15-30-16-14-28/h5-12H,3-4,13-16H2,1-2H3,(H,24,29). The first-order valence-electron chi connectivity index (χ1n) is 10.5. The highest BCUT2D eigenvalue weighted by Crippen LogP contribution is 2.23. The van der Waals surface area contributed by atoms with Gasteiger partial charge in [-0.1, -0.05) is 12.1 Å². The van der Waals surface area contributed by atoms with Crippen molar-refractivity contribution in [3.63, 3.8) is 0 Å². The zero-order valence-corrected chi connectivity index (χ0v) is 17.5. The van der Waals surface area contributed by atoms with E-state index < -0.39 is 0 Å². The highest BCUT2D eigenvalue weighted by molar-refractivity contribution is 6.07. The molecule has 1 saturated heterocycles. The smallest absolute Gasteiger partial charge is 0.278 e. The van der Waals surface area contributed by atoms with Crippen LogP contribution in [0.1, 0.15) is 24.3 Å². The number of hydrogen-bond acceptors (Lipinski definition) is 6. The van der Waals surface area contributed by atoms with E-state index in [0.717, 1.165) is 56.3 Å². The summed E-state index contributed by atoms with van der Waals surface area (Å²) < 4.78 is 5.41. The van der Waals surface area contributed by atoms with Crippen LogP contribution in [-0.4, -0.2) is 55.3 Å². The molecule has 1 aliphatic heterocycles. The predicted octanol–water partition coefficient (Wildman–Crippen LogP) is 3.56. The van der Waals surface area contributed by atoms with Crippen LogP contribution in [0.3, 0.4) is 0 Å². The lowest BCUT2D eigenvalue weighted by Crippen LogP contribution is -2.36. The molecule has 1 aliphatic rings. The quantitative estimate of drug-likeness (QED) is 0.676. The fraction of sp³-hybridized carbons (Fsp3) is 0.348. The lowest BCUT2D eigenvalue weighted by molar-refractivity contribution is 0.102. The molecule has 0 saturated carbocycles. The van der Waals surface area contributed by atoms with Gasteiger partial charge in [-0.3, -0.25) is 4.79 Å². The molecule has 0 radical (unpaired) electrons. The molecule has 1 amide bonds. The number of rotatable bonds is 6. The second-order valence-corrected chi connectivity index (χ2v) is 7.16. The summed E-state index contributed by atoms with van der Waals surface area (Å²) in [5.41, 5.74) is 3.70. The molecule has 7 heteroatoms. The minimum absolute atomic E-state index is 0.255. The maximum atomic E-state index is 13.1. The highest BCUT2D eigenvalue weighted by Gasteiger charge is 2.20. The monoisotopic (exact) mass is 405 g/mol. The average molecular weight is 406 g/mol. The molecular formula is C23H27N5O2. The van der Waals surface area contributed by atoms with Gasteiger partial charge in [-0.25, -0.2) is 9.97 Å². The number of aromatic nitrogens is 2. The van der Waals surface area contributed by atoms with Gasteiger partial charge in [-0.2, -0.15) is 0 Å². The zero-order chi connectivity index (χ0) is 20.9. The normalized spacial score (nSPS) is 14.0. The zero-order valence-electron chi connectivity index (χ0n) is 17.5. The fourth-order valence-electron chi connectivity index (χ4n) is 3.65. The van der Waals surface area contributed by atoms with E-state index in [1.165, 1.54) is 0 Å². The van der Waals surface area contributed by atoms with Crippen LogP contribution in [0.25, 0.3) is 11.0 Å². The number of carbonyl (C=O) groups excluding carboxylic acids is 1. The average Bonchev–Trinajstić information content (AvgIpc) is 2.80. The third-order valence-electron chi connectivity index (χ3n) is 5.33. The van der Waals surface area contributed by atoms with Crippen molar-refractivity contribution in [1.82, 2.24) is 9.97 Å². The van der Waals surface area contributed by atoms with Crippen molar-refractivity contribution in [2.24, 2.45) is 0 Å². The van der Waals surface area contributed by atoms with Crippen LogP contribution in [0, 0.1) is 0 Å². The first kappa shape index (κ1) is 20.1. The molecule has 0 atom stereocenters. The van der Waals surface area contributed by atoms with Crippen molar-refractivity contribution in [3.05, 3.63) is 54.2 Å². The number of carbonyl (C=O) groups is 1. The van der Waals surface area contributed by atoms with Crippen molar-refractivity contribution < 1.29 is 9.53 Å². The van der Waals surface area contributed by atoms with Crippen LogP contribution in [0.4, 0.5) is 17.2 Å². The van der Waals surface area contributed by atoms with E-state index in [1.807, 2.05) is 62.4 Å². The first-order valence-corrected chi connectivity index (χ1v) is 10.5. The van der Waals surface area contributed by atoms with Crippen LogP contribution in [0.5, 0.6) is 0 Å². The molecule has 1 aromatic heterocycles. The Labute approximate surface area is 176 Å². The molecular weight excluding hydrogens is 378 g/mol. The number of amides is 1. The van der Waals surface area contributed by atoms with Crippen LogP contribution in [0.2, 0.25) is 0 Å². The number of nitrogens with one attached hydrogen (secondary N) is 1. The summed E-state index contributed by atoms with van der Waals surface area (Å²) in [5, 5.41) is 2.99. The van der Waals surface area contributed by atoms with Crippen molar-refractivity contribution in [2.45, 2.75) is 13.8 Å². The molecule has 0 bridgehead atoms. The molecule has 3 aromatic rings. The lowest BCUT2D eigenvalue weighted by atomic mass is 10.2. The minimum atomic E-state index is -0.255. The van der Waals surface area contributed by atoms with E-state index in [9.17, 15) is 4.79 Å². The Kier molecular flexibility index (Phi) is 6.09. The van der Waals surface area contributed by atoms with Crippen LogP contribution >= 0.6 is 0 Å². The molecule has 0 unspecified atom stereocenters. The molecule has 7 nitrogen and oxygen atoms in total. The Hall–Kier alpha value is -3.19. The molecule has 1 fully saturated rings. The summed E-state index contributed by atoms with van der Waals surface area (Å²) in [6, 6.07) is 15.5. The third kappa shape index (κ3) is 4.21. The molecule has 0 spiro atoms. The number of para-hydroxylation sites is 2. The summed E-state index contributed by atoms with van der Waals surface area (Å²) in [4.78, 5) is 26.8. The first-order chi connectivity index (χ1) is 14.7. The van der Waals surface area contributed by atoms with Gasteiger partial charge >= 0.3 is 0 Å². The molecule has 2 heterocycles. The van der Waals surface area contributed by atoms with Gasteiger partial charge in [-0.05, 0) is 50.2 Å². The largest absolute Gasteiger partial charge is 0.378 e. The number of morpholine rings is 1. The number of hydrogen-bond donors (Lipinski definition) is 1. The summed E-state index contributed by atoms with van der Waals surface area (Å²) in [6.07, 6.45) is 0. The Morgan fingerprint density at radius 1 is 1.00 bits per heavy atom. The van der Waals surface area contributed by atoms with Crippen LogP contribution < -0.4 is 15.1 Å². The molecule has 1 N–H and O–H groups in total. The summed E-state index contributed by atoms with van der Waals surface area (Å²) in [5.74, 6) is 0.357. The Morgan fingerprint density at radius 2 is 1.63 bits per heavy atom. The van der Waals surface area contributed by atoms with Gasteiger partial charge in [0.1, 0.15) is 0 Å². The number of anilines is 3.